The number of methoxy groups -OCH3 is 1. The van der Waals surface area contributed by atoms with Crippen molar-refractivity contribution in [2.24, 2.45) is 4.99 Å². The summed E-state index contributed by atoms with van der Waals surface area (Å²) in [6.45, 7) is 4.95. The Morgan fingerprint density at radius 3 is 2.65 bits per heavy atom. The molecule has 0 aromatic heterocycles. The third-order valence-corrected chi connectivity index (χ3v) is 3.11. The van der Waals surface area contributed by atoms with Gasteiger partial charge in [0, 0.05) is 33.9 Å². The number of ether oxygens (including phenoxy) is 2. The normalized spacial score (nSPS) is 11.0. The average molecular weight is 439 g/mol. The van der Waals surface area contributed by atoms with Crippen LogP contribution in [0.5, 0.6) is 0 Å². The molecule has 1 aromatic carbocycles. The van der Waals surface area contributed by atoms with Crippen LogP contribution in [0.4, 0.5) is 4.39 Å². The molecule has 5 nitrogen and oxygen atoms in total. The summed E-state index contributed by atoms with van der Waals surface area (Å²) in [5.74, 6) is 0.508. The Morgan fingerprint density at radius 1 is 1.22 bits per heavy atom. The Labute approximate surface area is 155 Å². The number of aryl methyl sites for hydroxylation is 1. The summed E-state index contributed by atoms with van der Waals surface area (Å²) < 4.78 is 23.7. The molecule has 0 heterocycles. The van der Waals surface area contributed by atoms with Crippen molar-refractivity contribution in [3.05, 3.63) is 35.1 Å². The van der Waals surface area contributed by atoms with Crippen LogP contribution in [0, 0.1) is 12.7 Å². The van der Waals surface area contributed by atoms with Gasteiger partial charge in [-0.25, -0.2) is 4.39 Å². The highest BCUT2D eigenvalue weighted by Gasteiger charge is 2.01. The number of rotatable bonds is 9. The summed E-state index contributed by atoms with van der Waals surface area (Å²) in [5.41, 5.74) is 1.54. The van der Waals surface area contributed by atoms with Gasteiger partial charge in [-0.3, -0.25) is 4.99 Å². The van der Waals surface area contributed by atoms with Gasteiger partial charge in [0.15, 0.2) is 5.96 Å². The zero-order valence-electron chi connectivity index (χ0n) is 14.0. The maximum absolute atomic E-state index is 13.5. The van der Waals surface area contributed by atoms with Gasteiger partial charge >= 0.3 is 0 Å². The Hall–Kier alpha value is -0.930. The molecule has 0 aliphatic rings. The van der Waals surface area contributed by atoms with Gasteiger partial charge in [0.25, 0.3) is 0 Å². The zero-order chi connectivity index (χ0) is 16.2. The van der Waals surface area contributed by atoms with E-state index in [1.54, 1.807) is 33.2 Å². The molecule has 132 valence electrons. The van der Waals surface area contributed by atoms with E-state index in [9.17, 15) is 4.39 Å². The van der Waals surface area contributed by atoms with Crippen molar-refractivity contribution in [1.29, 1.82) is 0 Å². The lowest BCUT2D eigenvalue weighted by Gasteiger charge is -2.12. The second-order valence-electron chi connectivity index (χ2n) is 4.89. The number of guanidine groups is 1. The molecule has 0 bridgehead atoms. The standard InChI is InChI=1S/C16H26FN3O2.HI/c1-13-5-6-14(11-15(13)17)12-20-16(18-2)19-7-4-8-22-10-9-21-3;/h5-6,11H,4,7-10,12H2,1-3H3,(H2,18,19,20);1H. The first-order valence-electron chi connectivity index (χ1n) is 7.43. The predicted molar refractivity (Wildman–Crippen MR) is 102 cm³/mol. The van der Waals surface area contributed by atoms with Crippen LogP contribution in [-0.2, 0) is 16.0 Å². The average Bonchev–Trinajstić information content (AvgIpc) is 2.52. The van der Waals surface area contributed by atoms with E-state index in [2.05, 4.69) is 15.6 Å². The lowest BCUT2D eigenvalue weighted by molar-refractivity contribution is 0.0698. The Morgan fingerprint density at radius 2 is 2.00 bits per heavy atom. The van der Waals surface area contributed by atoms with E-state index in [1.165, 1.54) is 0 Å². The molecule has 0 amide bonds. The van der Waals surface area contributed by atoms with E-state index in [1.807, 2.05) is 6.07 Å². The Balaban J connectivity index is 0.00000484. The fourth-order valence-electron chi connectivity index (χ4n) is 1.78. The molecular formula is C16H27FIN3O2. The van der Waals surface area contributed by atoms with Gasteiger partial charge < -0.3 is 20.1 Å². The van der Waals surface area contributed by atoms with Gasteiger partial charge in [-0.2, -0.15) is 0 Å². The molecule has 0 unspecified atom stereocenters. The number of halogens is 2. The van der Waals surface area contributed by atoms with E-state index in [0.717, 1.165) is 18.5 Å². The van der Waals surface area contributed by atoms with Gasteiger partial charge in [0.1, 0.15) is 5.82 Å². The van der Waals surface area contributed by atoms with Crippen LogP contribution in [0.2, 0.25) is 0 Å². The highest BCUT2D eigenvalue weighted by molar-refractivity contribution is 14.0. The number of nitrogens with zero attached hydrogens (tertiary/aromatic N) is 1. The molecule has 1 aromatic rings. The minimum atomic E-state index is -0.185. The van der Waals surface area contributed by atoms with Crippen molar-refractivity contribution in [2.75, 3.05) is 40.5 Å². The van der Waals surface area contributed by atoms with E-state index >= 15 is 0 Å². The molecule has 0 fully saturated rings. The summed E-state index contributed by atoms with van der Waals surface area (Å²) in [5, 5.41) is 6.35. The maximum atomic E-state index is 13.5. The van der Waals surface area contributed by atoms with Gasteiger partial charge in [0.05, 0.1) is 13.2 Å². The number of benzene rings is 1. The van der Waals surface area contributed by atoms with Crippen LogP contribution >= 0.6 is 24.0 Å². The predicted octanol–water partition coefficient (Wildman–Crippen LogP) is 2.47. The van der Waals surface area contributed by atoms with E-state index in [4.69, 9.17) is 9.47 Å². The summed E-state index contributed by atoms with van der Waals surface area (Å²) in [7, 11) is 3.36. The summed E-state index contributed by atoms with van der Waals surface area (Å²) >= 11 is 0. The molecule has 1 rings (SSSR count). The molecule has 0 spiro atoms. The van der Waals surface area contributed by atoms with Gasteiger partial charge in [-0.1, -0.05) is 12.1 Å². The van der Waals surface area contributed by atoms with Gasteiger partial charge in [0.2, 0.25) is 0 Å². The molecule has 0 radical (unpaired) electrons. The Kier molecular flexibility index (Phi) is 13.0. The first kappa shape index (κ1) is 22.1. The smallest absolute Gasteiger partial charge is 0.191 e. The van der Waals surface area contributed by atoms with Gasteiger partial charge in [-0.15, -0.1) is 24.0 Å². The quantitative estimate of drug-likeness (QED) is 0.269. The first-order chi connectivity index (χ1) is 10.7. The third kappa shape index (κ3) is 9.72. The molecule has 0 aliphatic heterocycles. The maximum Gasteiger partial charge on any atom is 0.191 e. The summed E-state index contributed by atoms with van der Waals surface area (Å²) in [4.78, 5) is 4.13. The second kappa shape index (κ2) is 13.5. The fraction of sp³-hybridized carbons (Fsp3) is 0.562. The molecule has 2 N–H and O–H groups in total. The highest BCUT2D eigenvalue weighted by atomic mass is 127. The van der Waals surface area contributed by atoms with Crippen molar-refractivity contribution in [1.82, 2.24) is 10.6 Å². The van der Waals surface area contributed by atoms with Crippen LogP contribution in [0.15, 0.2) is 23.2 Å². The monoisotopic (exact) mass is 439 g/mol. The van der Waals surface area contributed by atoms with Crippen LogP contribution in [0.3, 0.4) is 0 Å². The number of hydrogen-bond donors (Lipinski definition) is 2. The van der Waals surface area contributed by atoms with Crippen LogP contribution in [-0.4, -0.2) is 46.5 Å². The highest BCUT2D eigenvalue weighted by Crippen LogP contribution is 2.08. The minimum Gasteiger partial charge on any atom is -0.382 e. The Bertz CT molecular complexity index is 473. The van der Waals surface area contributed by atoms with Crippen LogP contribution < -0.4 is 10.6 Å². The molecule has 0 saturated carbocycles. The number of hydrogen-bond acceptors (Lipinski definition) is 3. The van der Waals surface area contributed by atoms with Gasteiger partial charge in [-0.05, 0) is 30.5 Å². The topological polar surface area (TPSA) is 54.9 Å². The molecule has 23 heavy (non-hydrogen) atoms. The third-order valence-electron chi connectivity index (χ3n) is 3.11. The van der Waals surface area contributed by atoms with Crippen molar-refractivity contribution in [3.8, 4) is 0 Å². The van der Waals surface area contributed by atoms with Crippen molar-refractivity contribution < 1.29 is 13.9 Å². The number of nitrogens with one attached hydrogen (secondary N) is 2. The first-order valence-corrected chi connectivity index (χ1v) is 7.43. The summed E-state index contributed by atoms with van der Waals surface area (Å²) in [6.07, 6.45) is 0.879. The molecular weight excluding hydrogens is 412 g/mol. The van der Waals surface area contributed by atoms with Crippen molar-refractivity contribution >= 4 is 29.9 Å². The minimum absolute atomic E-state index is 0. The molecule has 7 heteroatoms. The summed E-state index contributed by atoms with van der Waals surface area (Å²) in [6, 6.07) is 5.22. The molecule has 0 atom stereocenters. The van der Waals surface area contributed by atoms with Crippen molar-refractivity contribution in [3.63, 3.8) is 0 Å². The van der Waals surface area contributed by atoms with E-state index in [0.29, 0.717) is 37.9 Å². The van der Waals surface area contributed by atoms with Crippen LogP contribution in [0.25, 0.3) is 0 Å². The van der Waals surface area contributed by atoms with Crippen molar-refractivity contribution in [2.45, 2.75) is 19.9 Å². The molecule has 0 saturated heterocycles. The largest absolute Gasteiger partial charge is 0.382 e. The van der Waals surface area contributed by atoms with E-state index < -0.39 is 0 Å². The number of aliphatic imine (C=N–C) groups is 1. The van der Waals surface area contributed by atoms with E-state index in [-0.39, 0.29) is 29.8 Å². The lowest BCUT2D eigenvalue weighted by atomic mass is 10.1. The second-order valence-corrected chi connectivity index (χ2v) is 4.89. The van der Waals surface area contributed by atoms with Crippen LogP contribution in [0.1, 0.15) is 17.5 Å². The zero-order valence-corrected chi connectivity index (χ0v) is 16.4. The fourth-order valence-corrected chi connectivity index (χ4v) is 1.78. The molecule has 0 aliphatic carbocycles. The SMILES string of the molecule is CN=C(NCCCOCCOC)NCc1ccc(C)c(F)c1.I. The lowest BCUT2D eigenvalue weighted by Crippen LogP contribution is -2.37.